The van der Waals surface area contributed by atoms with Crippen molar-refractivity contribution in [3.63, 3.8) is 0 Å². The van der Waals surface area contributed by atoms with Crippen LogP contribution < -0.4 is 5.32 Å². The topological polar surface area (TPSA) is 59.3 Å². The van der Waals surface area contributed by atoms with Crippen molar-refractivity contribution in [2.45, 2.75) is 27.3 Å². The Morgan fingerprint density at radius 2 is 2.20 bits per heavy atom. The normalized spacial score (nSPS) is 11.8. The van der Waals surface area contributed by atoms with Crippen LogP contribution in [0.3, 0.4) is 0 Å². The average molecular weight is 270 g/mol. The van der Waals surface area contributed by atoms with Crippen LogP contribution in [-0.2, 0) is 11.3 Å². The first-order valence-corrected chi connectivity index (χ1v) is 6.50. The smallest absolute Gasteiger partial charge is 0.244 e. The number of fused-ring (bicyclic) bond motifs is 1. The summed E-state index contributed by atoms with van der Waals surface area (Å²) >= 11 is 0. The molecule has 0 bridgehead atoms. The zero-order valence-electron chi connectivity index (χ0n) is 11.9. The second-order valence-corrected chi connectivity index (χ2v) is 4.55. The summed E-state index contributed by atoms with van der Waals surface area (Å²) in [5.74, 6) is -0.133. The summed E-state index contributed by atoms with van der Waals surface area (Å²) in [6.07, 6.45) is 8.62. The molecular weight excluding hydrogens is 252 g/mol. The van der Waals surface area contributed by atoms with Crippen LogP contribution in [-0.4, -0.2) is 20.5 Å². The molecule has 2 heterocycles. The lowest BCUT2D eigenvalue weighted by Crippen LogP contribution is -2.20. The number of allylic oxidation sites excluding steroid dienone is 3. The molecule has 0 fully saturated rings. The molecule has 2 aromatic rings. The zero-order chi connectivity index (χ0) is 14.5. The predicted octanol–water partition coefficient (Wildman–Crippen LogP) is 2.09. The molecule has 0 atom stereocenters. The van der Waals surface area contributed by atoms with Gasteiger partial charge in [-0.1, -0.05) is 18.2 Å². The van der Waals surface area contributed by atoms with Crippen LogP contribution in [0.1, 0.15) is 23.9 Å². The van der Waals surface area contributed by atoms with Gasteiger partial charge in [-0.15, -0.1) is 0 Å². The molecule has 0 saturated carbocycles. The van der Waals surface area contributed by atoms with Gasteiger partial charge in [0, 0.05) is 29.6 Å². The van der Waals surface area contributed by atoms with E-state index in [2.05, 4.69) is 15.4 Å². The highest BCUT2D eigenvalue weighted by Gasteiger charge is 2.08. The third-order valence-corrected chi connectivity index (χ3v) is 2.86. The first-order chi connectivity index (χ1) is 9.61. The van der Waals surface area contributed by atoms with E-state index in [9.17, 15) is 4.79 Å². The lowest BCUT2D eigenvalue weighted by atomic mass is 10.3. The fraction of sp³-hybridized carbons (Fsp3) is 0.267. The minimum Gasteiger partial charge on any atom is -0.348 e. The number of hydrogen-bond acceptors (Lipinski definition) is 3. The largest absolute Gasteiger partial charge is 0.348 e. The van der Waals surface area contributed by atoms with Crippen molar-refractivity contribution in [1.82, 2.24) is 19.9 Å². The molecular formula is C15H18N4O. The molecule has 0 aliphatic heterocycles. The fourth-order valence-electron chi connectivity index (χ4n) is 1.94. The standard InChI is InChI=1S/C15H18N4O/c1-4-5-6-7-14(20)16-9-13-10-17-19-12(3)8-11(2)18-15(13)19/h4-8,10H,9H2,1-3H3,(H,16,20)/b5-4+,7-6+. The Hall–Kier alpha value is -2.43. The van der Waals surface area contributed by atoms with E-state index in [1.165, 1.54) is 6.08 Å². The Kier molecular flexibility index (Phi) is 4.30. The number of carbonyl (C=O) groups excluding carboxylic acids is 1. The van der Waals surface area contributed by atoms with E-state index in [-0.39, 0.29) is 5.91 Å². The number of amides is 1. The highest BCUT2D eigenvalue weighted by molar-refractivity contribution is 5.87. The molecule has 0 aromatic carbocycles. The molecule has 5 nitrogen and oxygen atoms in total. The van der Waals surface area contributed by atoms with E-state index >= 15 is 0 Å². The lowest BCUT2D eigenvalue weighted by molar-refractivity contribution is -0.116. The maximum absolute atomic E-state index is 11.6. The third kappa shape index (κ3) is 3.12. The highest BCUT2D eigenvalue weighted by Crippen LogP contribution is 2.11. The van der Waals surface area contributed by atoms with Crippen molar-refractivity contribution in [2.24, 2.45) is 0 Å². The molecule has 20 heavy (non-hydrogen) atoms. The second-order valence-electron chi connectivity index (χ2n) is 4.55. The van der Waals surface area contributed by atoms with Gasteiger partial charge in [0.25, 0.3) is 0 Å². The van der Waals surface area contributed by atoms with Crippen LogP contribution in [0.15, 0.2) is 36.6 Å². The van der Waals surface area contributed by atoms with Gasteiger partial charge in [-0.25, -0.2) is 9.50 Å². The van der Waals surface area contributed by atoms with Gasteiger partial charge in [-0.05, 0) is 26.8 Å². The van der Waals surface area contributed by atoms with E-state index < -0.39 is 0 Å². The van der Waals surface area contributed by atoms with Gasteiger partial charge in [-0.2, -0.15) is 5.10 Å². The Morgan fingerprint density at radius 1 is 1.40 bits per heavy atom. The van der Waals surface area contributed by atoms with E-state index in [1.54, 1.807) is 16.8 Å². The number of hydrogen-bond donors (Lipinski definition) is 1. The number of carbonyl (C=O) groups is 1. The van der Waals surface area contributed by atoms with Crippen LogP contribution in [0.5, 0.6) is 0 Å². The van der Waals surface area contributed by atoms with Crippen LogP contribution in [0, 0.1) is 13.8 Å². The molecule has 0 aliphatic rings. The molecule has 0 spiro atoms. The quantitative estimate of drug-likeness (QED) is 0.683. The number of rotatable bonds is 4. The van der Waals surface area contributed by atoms with E-state index in [1.807, 2.05) is 39.0 Å². The molecule has 0 unspecified atom stereocenters. The Bertz CT molecular complexity index is 682. The van der Waals surface area contributed by atoms with Gasteiger partial charge < -0.3 is 5.32 Å². The third-order valence-electron chi connectivity index (χ3n) is 2.86. The molecule has 2 rings (SSSR count). The Balaban J connectivity index is 2.13. The lowest BCUT2D eigenvalue weighted by Gasteiger charge is -2.03. The summed E-state index contributed by atoms with van der Waals surface area (Å²) in [7, 11) is 0. The van der Waals surface area contributed by atoms with Crippen LogP contribution in [0.2, 0.25) is 0 Å². The van der Waals surface area contributed by atoms with Crippen molar-refractivity contribution in [2.75, 3.05) is 0 Å². The van der Waals surface area contributed by atoms with Crippen molar-refractivity contribution >= 4 is 11.6 Å². The van der Waals surface area contributed by atoms with E-state index in [0.29, 0.717) is 6.54 Å². The summed E-state index contributed by atoms with van der Waals surface area (Å²) in [6, 6.07) is 1.97. The van der Waals surface area contributed by atoms with Crippen LogP contribution in [0.25, 0.3) is 5.65 Å². The SMILES string of the molecule is C/C=C/C=C/C(=O)NCc1cnn2c(C)cc(C)nc12. The molecule has 104 valence electrons. The number of aryl methyl sites for hydroxylation is 2. The summed E-state index contributed by atoms with van der Waals surface area (Å²) in [6.45, 7) is 6.25. The molecule has 5 heteroatoms. The summed E-state index contributed by atoms with van der Waals surface area (Å²) in [4.78, 5) is 16.1. The first kappa shape index (κ1) is 14.0. The second kappa shape index (κ2) is 6.14. The minimum atomic E-state index is -0.133. The fourth-order valence-corrected chi connectivity index (χ4v) is 1.94. The maximum Gasteiger partial charge on any atom is 0.244 e. The van der Waals surface area contributed by atoms with Crippen LogP contribution in [0.4, 0.5) is 0 Å². The van der Waals surface area contributed by atoms with Crippen LogP contribution >= 0.6 is 0 Å². The van der Waals surface area contributed by atoms with Gasteiger partial charge in [-0.3, -0.25) is 4.79 Å². The Labute approximate surface area is 118 Å². The summed E-state index contributed by atoms with van der Waals surface area (Å²) in [5.41, 5.74) is 3.67. The first-order valence-electron chi connectivity index (χ1n) is 6.50. The molecule has 2 aromatic heterocycles. The van der Waals surface area contributed by atoms with Gasteiger partial charge in [0.2, 0.25) is 5.91 Å². The highest BCUT2D eigenvalue weighted by atomic mass is 16.1. The molecule has 1 amide bonds. The number of aromatic nitrogens is 3. The van der Waals surface area contributed by atoms with Crippen molar-refractivity contribution in [1.29, 1.82) is 0 Å². The van der Waals surface area contributed by atoms with Gasteiger partial charge in [0.15, 0.2) is 5.65 Å². The average Bonchev–Trinajstić information content (AvgIpc) is 2.80. The van der Waals surface area contributed by atoms with Gasteiger partial charge in [0.05, 0.1) is 6.20 Å². The molecule has 0 saturated heterocycles. The molecule has 0 aliphatic carbocycles. The van der Waals surface area contributed by atoms with Gasteiger partial charge in [0.1, 0.15) is 0 Å². The monoisotopic (exact) mass is 270 g/mol. The number of nitrogens with zero attached hydrogens (tertiary/aromatic N) is 3. The van der Waals surface area contributed by atoms with Crippen molar-refractivity contribution < 1.29 is 4.79 Å². The number of nitrogens with one attached hydrogen (secondary N) is 1. The maximum atomic E-state index is 11.6. The van der Waals surface area contributed by atoms with E-state index in [4.69, 9.17) is 0 Å². The van der Waals surface area contributed by atoms with Crippen molar-refractivity contribution in [3.05, 3.63) is 53.5 Å². The Morgan fingerprint density at radius 3 is 2.95 bits per heavy atom. The van der Waals surface area contributed by atoms with Crippen molar-refractivity contribution in [3.8, 4) is 0 Å². The molecule has 0 radical (unpaired) electrons. The zero-order valence-corrected chi connectivity index (χ0v) is 11.9. The summed E-state index contributed by atoms with van der Waals surface area (Å²) < 4.78 is 1.78. The molecule has 1 N–H and O–H groups in total. The van der Waals surface area contributed by atoms with E-state index in [0.717, 1.165) is 22.6 Å². The minimum absolute atomic E-state index is 0.133. The predicted molar refractivity (Wildman–Crippen MR) is 78.3 cm³/mol. The van der Waals surface area contributed by atoms with Gasteiger partial charge >= 0.3 is 0 Å². The summed E-state index contributed by atoms with van der Waals surface area (Å²) in [5, 5.41) is 7.11.